The van der Waals surface area contributed by atoms with E-state index in [-0.39, 0.29) is 18.1 Å². The smallest absolute Gasteiger partial charge is 0.224 e. The molecule has 0 saturated heterocycles. The van der Waals surface area contributed by atoms with Gasteiger partial charge in [-0.15, -0.1) is 0 Å². The van der Waals surface area contributed by atoms with Gasteiger partial charge in [-0.2, -0.15) is 5.10 Å². The van der Waals surface area contributed by atoms with Crippen LogP contribution >= 0.6 is 0 Å². The molecule has 0 radical (unpaired) electrons. The number of rotatable bonds is 5. The predicted molar refractivity (Wildman–Crippen MR) is 83.4 cm³/mol. The predicted octanol–water partition coefficient (Wildman–Crippen LogP) is 1.36. The van der Waals surface area contributed by atoms with E-state index >= 15 is 0 Å². The molecular formula is C16H27N3O3. The number of nitrogens with zero attached hydrogens (tertiary/aromatic N) is 3. The summed E-state index contributed by atoms with van der Waals surface area (Å²) in [6, 6.07) is 1.76. The second kappa shape index (κ2) is 7.74. The van der Waals surface area contributed by atoms with Crippen molar-refractivity contribution >= 4 is 5.91 Å². The van der Waals surface area contributed by atoms with Crippen molar-refractivity contribution in [2.75, 3.05) is 14.2 Å². The molecule has 0 aromatic carbocycles. The van der Waals surface area contributed by atoms with Gasteiger partial charge in [0.15, 0.2) is 0 Å². The number of methoxy groups -OCH3 is 1. The first-order chi connectivity index (χ1) is 10.5. The molecule has 1 aliphatic carbocycles. The molecule has 0 spiro atoms. The summed E-state index contributed by atoms with van der Waals surface area (Å²) < 4.78 is 7.20. The maximum atomic E-state index is 12.4. The molecule has 6 nitrogen and oxygen atoms in total. The number of amides is 1. The second-order valence-corrected chi connectivity index (χ2v) is 6.07. The monoisotopic (exact) mass is 309 g/mol. The number of carbonyl (C=O) groups excluding carboxylic acids is 1. The van der Waals surface area contributed by atoms with E-state index in [1.807, 2.05) is 17.7 Å². The van der Waals surface area contributed by atoms with Gasteiger partial charge >= 0.3 is 0 Å². The molecule has 0 bridgehead atoms. The SMILES string of the molecule is CO[C@@H]1CCCC[C@@H](N(C)C(=O)CCn2nccc2C)[C@H]1O. The average Bonchev–Trinajstić information content (AvgIpc) is 2.82. The van der Waals surface area contributed by atoms with E-state index in [9.17, 15) is 9.90 Å². The first-order valence-electron chi connectivity index (χ1n) is 7.99. The minimum absolute atomic E-state index is 0.0377. The van der Waals surface area contributed by atoms with Crippen molar-refractivity contribution in [3.8, 4) is 0 Å². The Labute approximate surface area is 132 Å². The van der Waals surface area contributed by atoms with Gasteiger partial charge in [-0.25, -0.2) is 0 Å². The number of aryl methyl sites for hydroxylation is 2. The zero-order valence-corrected chi connectivity index (χ0v) is 13.7. The number of likely N-dealkylation sites (N-methyl/N-ethyl adjacent to an activating group) is 1. The second-order valence-electron chi connectivity index (χ2n) is 6.07. The summed E-state index contributed by atoms with van der Waals surface area (Å²) in [5.41, 5.74) is 1.05. The van der Waals surface area contributed by atoms with Gasteiger partial charge in [-0.05, 0) is 25.8 Å². The zero-order chi connectivity index (χ0) is 16.1. The Bertz CT molecular complexity index is 489. The van der Waals surface area contributed by atoms with Crippen molar-refractivity contribution < 1.29 is 14.6 Å². The summed E-state index contributed by atoms with van der Waals surface area (Å²) >= 11 is 0. The van der Waals surface area contributed by atoms with E-state index in [1.165, 1.54) is 0 Å². The lowest BCUT2D eigenvalue weighted by Gasteiger charge is -2.33. The van der Waals surface area contributed by atoms with Crippen LogP contribution in [0, 0.1) is 6.92 Å². The van der Waals surface area contributed by atoms with Crippen LogP contribution in [-0.2, 0) is 16.1 Å². The lowest BCUT2D eigenvalue weighted by molar-refractivity contribution is -0.137. The third kappa shape index (κ3) is 3.87. The van der Waals surface area contributed by atoms with Crippen LogP contribution in [0.15, 0.2) is 12.3 Å². The number of aliphatic hydroxyl groups is 1. The van der Waals surface area contributed by atoms with E-state index < -0.39 is 6.10 Å². The van der Waals surface area contributed by atoms with Crippen LogP contribution in [0.2, 0.25) is 0 Å². The van der Waals surface area contributed by atoms with Crippen molar-refractivity contribution in [2.24, 2.45) is 0 Å². The van der Waals surface area contributed by atoms with Gasteiger partial charge in [0.05, 0.1) is 12.1 Å². The van der Waals surface area contributed by atoms with Crippen LogP contribution in [0.4, 0.5) is 0 Å². The van der Waals surface area contributed by atoms with Gasteiger partial charge in [0.2, 0.25) is 5.91 Å². The lowest BCUT2D eigenvalue weighted by atomic mass is 10.0. The molecule has 6 heteroatoms. The van der Waals surface area contributed by atoms with Crippen LogP contribution in [0.3, 0.4) is 0 Å². The topological polar surface area (TPSA) is 67.6 Å². The molecule has 0 aliphatic heterocycles. The largest absolute Gasteiger partial charge is 0.388 e. The quantitative estimate of drug-likeness (QED) is 0.834. The molecule has 1 heterocycles. The number of hydrogen-bond acceptors (Lipinski definition) is 4. The standard InChI is InChI=1S/C16H27N3O3/c1-12-8-10-17-19(12)11-9-15(20)18(2)13-6-4-5-7-14(22-3)16(13)21/h8,10,13-14,16,21H,4-7,9,11H2,1-3H3/t13-,14-,16-/m1/s1. The summed E-state index contributed by atoms with van der Waals surface area (Å²) in [4.78, 5) is 14.1. The molecule has 1 aliphatic rings. The van der Waals surface area contributed by atoms with Gasteiger partial charge in [-0.1, -0.05) is 12.8 Å². The van der Waals surface area contributed by atoms with Gasteiger partial charge in [-0.3, -0.25) is 9.48 Å². The van der Waals surface area contributed by atoms with Crippen molar-refractivity contribution in [1.82, 2.24) is 14.7 Å². The molecule has 22 heavy (non-hydrogen) atoms. The summed E-state index contributed by atoms with van der Waals surface area (Å²) in [5.74, 6) is 0.0377. The molecular weight excluding hydrogens is 282 g/mol. The average molecular weight is 309 g/mol. The van der Waals surface area contributed by atoms with E-state index in [4.69, 9.17) is 4.74 Å². The number of aliphatic hydroxyl groups excluding tert-OH is 1. The number of hydrogen-bond donors (Lipinski definition) is 1. The van der Waals surface area contributed by atoms with E-state index in [1.54, 1.807) is 25.3 Å². The number of aromatic nitrogens is 2. The van der Waals surface area contributed by atoms with Crippen LogP contribution < -0.4 is 0 Å². The first kappa shape index (κ1) is 17.0. The first-order valence-corrected chi connectivity index (χ1v) is 7.99. The fourth-order valence-electron chi connectivity index (χ4n) is 3.16. The molecule has 1 amide bonds. The van der Waals surface area contributed by atoms with Crippen LogP contribution in [0.1, 0.15) is 37.8 Å². The summed E-state index contributed by atoms with van der Waals surface area (Å²) in [6.45, 7) is 2.54. The Morgan fingerprint density at radius 1 is 1.50 bits per heavy atom. The molecule has 3 atom stereocenters. The van der Waals surface area contributed by atoms with Gasteiger partial charge in [0, 0.05) is 39.0 Å². The maximum Gasteiger partial charge on any atom is 0.224 e. The highest BCUT2D eigenvalue weighted by atomic mass is 16.5. The Balaban J connectivity index is 1.95. The highest BCUT2D eigenvalue weighted by molar-refractivity contribution is 5.76. The van der Waals surface area contributed by atoms with Crippen molar-refractivity contribution in [2.45, 2.75) is 63.8 Å². The Morgan fingerprint density at radius 3 is 2.86 bits per heavy atom. The van der Waals surface area contributed by atoms with Crippen molar-refractivity contribution in [1.29, 1.82) is 0 Å². The molecule has 1 N–H and O–H groups in total. The highest BCUT2D eigenvalue weighted by Gasteiger charge is 2.34. The van der Waals surface area contributed by atoms with Gasteiger partial charge in [0.25, 0.3) is 0 Å². The van der Waals surface area contributed by atoms with Crippen molar-refractivity contribution in [3.05, 3.63) is 18.0 Å². The molecule has 124 valence electrons. The third-order valence-electron chi connectivity index (χ3n) is 4.67. The highest BCUT2D eigenvalue weighted by Crippen LogP contribution is 2.24. The fourth-order valence-corrected chi connectivity index (χ4v) is 3.16. The Morgan fingerprint density at radius 2 is 2.23 bits per heavy atom. The molecule has 1 aromatic heterocycles. The molecule has 1 aromatic rings. The lowest BCUT2D eigenvalue weighted by Crippen LogP contribution is -2.49. The summed E-state index contributed by atoms with van der Waals surface area (Å²) in [5, 5.41) is 14.7. The Kier molecular flexibility index (Phi) is 5.97. The molecule has 1 saturated carbocycles. The number of carbonyl (C=O) groups is 1. The minimum Gasteiger partial charge on any atom is -0.388 e. The normalized spacial score (nSPS) is 25.7. The minimum atomic E-state index is -0.618. The van der Waals surface area contributed by atoms with E-state index in [0.29, 0.717) is 13.0 Å². The van der Waals surface area contributed by atoms with Crippen molar-refractivity contribution in [3.63, 3.8) is 0 Å². The summed E-state index contributed by atoms with van der Waals surface area (Å²) in [6.07, 6.45) is 5.04. The fraction of sp³-hybridized carbons (Fsp3) is 0.750. The van der Waals surface area contributed by atoms with Crippen LogP contribution in [-0.4, -0.2) is 58.1 Å². The third-order valence-corrected chi connectivity index (χ3v) is 4.67. The molecule has 1 fully saturated rings. The Hall–Kier alpha value is -1.40. The van der Waals surface area contributed by atoms with Crippen LogP contribution in [0.25, 0.3) is 0 Å². The maximum absolute atomic E-state index is 12.4. The van der Waals surface area contributed by atoms with Crippen LogP contribution in [0.5, 0.6) is 0 Å². The van der Waals surface area contributed by atoms with E-state index in [2.05, 4.69) is 5.10 Å². The van der Waals surface area contributed by atoms with Gasteiger partial charge in [0.1, 0.15) is 6.10 Å². The summed E-state index contributed by atoms with van der Waals surface area (Å²) in [7, 11) is 3.41. The molecule has 2 rings (SSSR count). The number of ether oxygens (including phenoxy) is 1. The molecule has 0 unspecified atom stereocenters. The van der Waals surface area contributed by atoms with Gasteiger partial charge < -0.3 is 14.7 Å². The zero-order valence-electron chi connectivity index (χ0n) is 13.7. The van der Waals surface area contributed by atoms with E-state index in [0.717, 1.165) is 31.4 Å².